The zero-order chi connectivity index (χ0) is 17.0. The fraction of sp³-hybridized carbons (Fsp3) is 0.125. The van der Waals surface area contributed by atoms with Crippen molar-refractivity contribution in [3.8, 4) is 0 Å². The number of benzene rings is 2. The molecule has 2 rings (SSSR count). The molecule has 7 heteroatoms. The van der Waals surface area contributed by atoms with Crippen molar-refractivity contribution < 1.29 is 23.5 Å². The zero-order valence-electron chi connectivity index (χ0n) is 11.7. The van der Waals surface area contributed by atoms with Crippen LogP contribution in [-0.4, -0.2) is 23.0 Å². The predicted octanol–water partition coefficient (Wildman–Crippen LogP) is 3.15. The lowest BCUT2D eigenvalue weighted by atomic mass is 10.1. The average molecular weight is 384 g/mol. The number of carboxylic acid groups (broad SMARTS) is 1. The van der Waals surface area contributed by atoms with Crippen LogP contribution < -0.4 is 5.32 Å². The van der Waals surface area contributed by atoms with E-state index in [2.05, 4.69) is 21.2 Å². The van der Waals surface area contributed by atoms with Crippen LogP contribution in [0.1, 0.15) is 15.9 Å². The summed E-state index contributed by atoms with van der Waals surface area (Å²) in [6, 6.07) is 8.19. The van der Waals surface area contributed by atoms with Gasteiger partial charge in [-0.15, -0.1) is 0 Å². The van der Waals surface area contributed by atoms with Gasteiger partial charge < -0.3 is 10.4 Å². The lowest BCUT2D eigenvalue weighted by molar-refractivity contribution is -0.139. The molecular formula is C16H12BrF2NO3. The fourth-order valence-electron chi connectivity index (χ4n) is 2.01. The summed E-state index contributed by atoms with van der Waals surface area (Å²) in [6.45, 7) is 0. The number of nitrogens with one attached hydrogen (secondary N) is 1. The van der Waals surface area contributed by atoms with E-state index in [1.807, 2.05) is 0 Å². The summed E-state index contributed by atoms with van der Waals surface area (Å²) in [5.41, 5.74) is 0.276. The van der Waals surface area contributed by atoms with Crippen molar-refractivity contribution >= 4 is 27.8 Å². The van der Waals surface area contributed by atoms with Crippen molar-refractivity contribution in [1.82, 2.24) is 5.32 Å². The first-order chi connectivity index (χ1) is 10.9. The van der Waals surface area contributed by atoms with E-state index in [9.17, 15) is 23.5 Å². The molecule has 0 aliphatic rings. The molecule has 2 aromatic carbocycles. The Morgan fingerprint density at radius 2 is 1.91 bits per heavy atom. The smallest absolute Gasteiger partial charge is 0.326 e. The van der Waals surface area contributed by atoms with Crippen molar-refractivity contribution in [2.75, 3.05) is 0 Å². The second-order valence-electron chi connectivity index (χ2n) is 4.82. The Morgan fingerprint density at radius 3 is 2.52 bits per heavy atom. The topological polar surface area (TPSA) is 66.4 Å². The number of hydrogen-bond donors (Lipinski definition) is 2. The minimum atomic E-state index is -1.25. The van der Waals surface area contributed by atoms with Crippen molar-refractivity contribution in [1.29, 1.82) is 0 Å². The molecule has 0 saturated carbocycles. The first-order valence-corrected chi connectivity index (χ1v) is 7.39. The fourth-order valence-corrected chi connectivity index (χ4v) is 2.46. The Kier molecular flexibility index (Phi) is 5.44. The van der Waals surface area contributed by atoms with Gasteiger partial charge in [0.15, 0.2) is 0 Å². The first kappa shape index (κ1) is 17.1. The third-order valence-electron chi connectivity index (χ3n) is 3.11. The number of carboxylic acids is 1. The molecule has 0 saturated heterocycles. The molecule has 0 fully saturated rings. The predicted molar refractivity (Wildman–Crippen MR) is 83.1 cm³/mol. The Balaban J connectivity index is 2.16. The maximum absolute atomic E-state index is 13.6. The molecule has 1 amide bonds. The number of carbonyl (C=O) groups excluding carboxylic acids is 1. The van der Waals surface area contributed by atoms with Crippen LogP contribution in [0.2, 0.25) is 0 Å². The highest BCUT2D eigenvalue weighted by atomic mass is 79.9. The molecule has 0 heterocycles. The maximum atomic E-state index is 13.6. The highest BCUT2D eigenvalue weighted by molar-refractivity contribution is 9.10. The highest BCUT2D eigenvalue weighted by Gasteiger charge is 2.23. The average Bonchev–Trinajstić information content (AvgIpc) is 2.46. The van der Waals surface area contributed by atoms with Crippen LogP contribution >= 0.6 is 15.9 Å². The molecule has 0 unspecified atom stereocenters. The van der Waals surface area contributed by atoms with E-state index in [0.29, 0.717) is 11.6 Å². The van der Waals surface area contributed by atoms with Crippen LogP contribution in [-0.2, 0) is 11.2 Å². The molecule has 0 bridgehead atoms. The van der Waals surface area contributed by atoms with E-state index < -0.39 is 35.1 Å². The minimum absolute atomic E-state index is 0.0311. The van der Waals surface area contributed by atoms with E-state index in [1.165, 1.54) is 0 Å². The lowest BCUT2D eigenvalue weighted by Crippen LogP contribution is -2.42. The summed E-state index contributed by atoms with van der Waals surface area (Å²) in [4.78, 5) is 23.3. The van der Waals surface area contributed by atoms with Crippen molar-refractivity contribution in [3.63, 3.8) is 0 Å². The van der Waals surface area contributed by atoms with Gasteiger partial charge in [-0.3, -0.25) is 4.79 Å². The van der Waals surface area contributed by atoms with Gasteiger partial charge in [0.2, 0.25) is 0 Å². The van der Waals surface area contributed by atoms with Gasteiger partial charge in [0.1, 0.15) is 17.7 Å². The van der Waals surface area contributed by atoms with Gasteiger partial charge in [-0.25, -0.2) is 13.6 Å². The molecule has 0 aliphatic heterocycles. The number of amides is 1. The zero-order valence-corrected chi connectivity index (χ0v) is 13.3. The number of carbonyl (C=O) groups is 2. The quantitative estimate of drug-likeness (QED) is 0.833. The van der Waals surface area contributed by atoms with Crippen LogP contribution in [0.5, 0.6) is 0 Å². The molecule has 0 spiro atoms. The molecule has 120 valence electrons. The molecule has 0 aromatic heterocycles. The second-order valence-corrected chi connectivity index (χ2v) is 5.74. The van der Waals surface area contributed by atoms with E-state index >= 15 is 0 Å². The first-order valence-electron chi connectivity index (χ1n) is 6.60. The monoisotopic (exact) mass is 383 g/mol. The minimum Gasteiger partial charge on any atom is -0.480 e. The van der Waals surface area contributed by atoms with Crippen molar-refractivity contribution in [3.05, 3.63) is 69.7 Å². The summed E-state index contributed by atoms with van der Waals surface area (Å²) < 4.78 is 27.2. The summed E-state index contributed by atoms with van der Waals surface area (Å²) in [6.07, 6.45) is 0.0311. The molecule has 23 heavy (non-hydrogen) atoms. The van der Waals surface area contributed by atoms with E-state index in [0.717, 1.165) is 16.6 Å². The summed E-state index contributed by atoms with van der Waals surface area (Å²) in [5, 5.41) is 11.5. The third kappa shape index (κ3) is 4.59. The van der Waals surface area contributed by atoms with Crippen molar-refractivity contribution in [2.24, 2.45) is 0 Å². The largest absolute Gasteiger partial charge is 0.480 e. The van der Waals surface area contributed by atoms with Gasteiger partial charge in [0.25, 0.3) is 5.91 Å². The summed E-state index contributed by atoms with van der Waals surface area (Å²) >= 11 is 3.27. The van der Waals surface area contributed by atoms with Crippen LogP contribution in [0.15, 0.2) is 46.9 Å². The van der Waals surface area contributed by atoms with Crippen LogP contribution in [0.3, 0.4) is 0 Å². The van der Waals surface area contributed by atoms with Gasteiger partial charge in [0, 0.05) is 17.0 Å². The Hall–Kier alpha value is -2.28. The Bertz CT molecular complexity index is 752. The second kappa shape index (κ2) is 7.32. The van der Waals surface area contributed by atoms with Crippen molar-refractivity contribution in [2.45, 2.75) is 12.5 Å². The van der Waals surface area contributed by atoms with Crippen LogP contribution in [0.25, 0.3) is 0 Å². The van der Waals surface area contributed by atoms with Gasteiger partial charge in [0.05, 0.1) is 5.56 Å². The van der Waals surface area contributed by atoms with Gasteiger partial charge in [-0.05, 0) is 29.8 Å². The molecule has 2 aromatic rings. The number of aliphatic carboxylic acids is 1. The molecule has 0 aliphatic carbocycles. The molecule has 0 radical (unpaired) electrons. The van der Waals surface area contributed by atoms with E-state index in [-0.39, 0.29) is 6.42 Å². The molecule has 2 N–H and O–H groups in total. The maximum Gasteiger partial charge on any atom is 0.326 e. The van der Waals surface area contributed by atoms with E-state index in [1.54, 1.807) is 24.3 Å². The highest BCUT2D eigenvalue weighted by Crippen LogP contribution is 2.14. The number of halogens is 3. The van der Waals surface area contributed by atoms with Gasteiger partial charge in [-0.2, -0.15) is 0 Å². The summed E-state index contributed by atoms with van der Waals surface area (Å²) in [5.74, 6) is -4.03. The van der Waals surface area contributed by atoms with Crippen LogP contribution in [0, 0.1) is 11.6 Å². The normalized spacial score (nSPS) is 11.8. The number of rotatable bonds is 5. The molecular weight excluding hydrogens is 372 g/mol. The van der Waals surface area contributed by atoms with E-state index in [4.69, 9.17) is 0 Å². The molecule has 1 atom stereocenters. The van der Waals surface area contributed by atoms with Gasteiger partial charge >= 0.3 is 5.97 Å². The molecule has 4 nitrogen and oxygen atoms in total. The van der Waals surface area contributed by atoms with Crippen LogP contribution in [0.4, 0.5) is 8.78 Å². The summed E-state index contributed by atoms with van der Waals surface area (Å²) in [7, 11) is 0. The third-order valence-corrected chi connectivity index (χ3v) is 3.60. The Morgan fingerprint density at radius 1 is 1.17 bits per heavy atom. The van der Waals surface area contributed by atoms with Gasteiger partial charge in [-0.1, -0.05) is 28.1 Å². The standard InChI is InChI=1S/C16H12BrF2NO3/c17-10-3-1-2-9(6-10)7-14(16(22)23)20-15(21)12-5-4-11(18)8-13(12)19/h1-6,8,14H,7H2,(H,20,21)(H,22,23)/t14-/m1/s1. The Labute approximate surface area is 139 Å². The SMILES string of the molecule is O=C(N[C@H](Cc1cccc(Br)c1)C(=O)O)c1ccc(F)cc1F. The number of hydrogen-bond acceptors (Lipinski definition) is 2. The lowest BCUT2D eigenvalue weighted by Gasteiger charge is -2.15.